The third-order valence-electron chi connectivity index (χ3n) is 4.74. The van der Waals surface area contributed by atoms with Crippen molar-refractivity contribution >= 4 is 23.2 Å². The fourth-order valence-electron chi connectivity index (χ4n) is 2.83. The Labute approximate surface area is 169 Å². The van der Waals surface area contributed by atoms with Gasteiger partial charge in [-0.25, -0.2) is 9.98 Å². The number of aromatic nitrogens is 1. The van der Waals surface area contributed by atoms with Gasteiger partial charge in [-0.1, -0.05) is 40.0 Å². The summed E-state index contributed by atoms with van der Waals surface area (Å²) in [6.07, 6.45) is 6.70. The lowest BCUT2D eigenvalue weighted by Gasteiger charge is -2.26. The predicted molar refractivity (Wildman–Crippen MR) is 115 cm³/mol. The van der Waals surface area contributed by atoms with Crippen LogP contribution in [0.4, 0.5) is 0 Å². The van der Waals surface area contributed by atoms with Crippen molar-refractivity contribution in [3.05, 3.63) is 16.6 Å². The van der Waals surface area contributed by atoms with Crippen LogP contribution in [0.15, 0.2) is 16.6 Å². The minimum absolute atomic E-state index is 0.00805. The summed E-state index contributed by atoms with van der Waals surface area (Å²) in [6, 6.07) is 0. The van der Waals surface area contributed by atoms with E-state index in [-0.39, 0.29) is 12.5 Å². The number of aliphatic imine (C=N–C) groups is 1. The average Bonchev–Trinajstić information content (AvgIpc) is 3.18. The van der Waals surface area contributed by atoms with Crippen molar-refractivity contribution in [3.63, 3.8) is 0 Å². The van der Waals surface area contributed by atoms with E-state index in [0.29, 0.717) is 11.8 Å². The first-order valence-corrected chi connectivity index (χ1v) is 10.9. The van der Waals surface area contributed by atoms with Crippen LogP contribution in [-0.4, -0.2) is 67.4 Å². The third kappa shape index (κ3) is 8.73. The largest absolute Gasteiger partial charge is 0.356 e. The smallest absolute Gasteiger partial charge is 0.243 e. The molecule has 0 saturated carbocycles. The molecule has 7 heteroatoms. The lowest BCUT2D eigenvalue weighted by molar-refractivity contribution is -0.127. The zero-order valence-electron chi connectivity index (χ0n) is 17.9. The van der Waals surface area contributed by atoms with Crippen molar-refractivity contribution in [2.45, 2.75) is 52.4 Å². The van der Waals surface area contributed by atoms with Gasteiger partial charge in [0.15, 0.2) is 5.96 Å². The molecule has 0 aromatic carbocycles. The second-order valence-electron chi connectivity index (χ2n) is 7.38. The van der Waals surface area contributed by atoms with E-state index in [1.165, 1.54) is 19.3 Å². The molecule has 0 saturated heterocycles. The molecule has 0 spiro atoms. The van der Waals surface area contributed by atoms with E-state index in [1.807, 2.05) is 18.6 Å². The van der Waals surface area contributed by atoms with Gasteiger partial charge in [-0.05, 0) is 12.3 Å². The minimum Gasteiger partial charge on any atom is -0.356 e. The molecule has 0 aliphatic rings. The van der Waals surface area contributed by atoms with E-state index in [9.17, 15) is 4.79 Å². The lowest BCUT2D eigenvalue weighted by atomic mass is 9.99. The van der Waals surface area contributed by atoms with Gasteiger partial charge in [0.25, 0.3) is 0 Å². The van der Waals surface area contributed by atoms with Crippen molar-refractivity contribution in [1.29, 1.82) is 0 Å². The molecular formula is C20H37N5OS. The highest BCUT2D eigenvalue weighted by Crippen LogP contribution is 2.18. The Morgan fingerprint density at radius 1 is 1.33 bits per heavy atom. The number of guanidine groups is 1. The molecule has 0 bridgehead atoms. The molecule has 1 aromatic heterocycles. The molecule has 0 radical (unpaired) electrons. The summed E-state index contributed by atoms with van der Waals surface area (Å²) >= 11 is 1.68. The Balaban J connectivity index is 2.76. The van der Waals surface area contributed by atoms with E-state index < -0.39 is 0 Å². The molecule has 1 N–H and O–H groups in total. The summed E-state index contributed by atoms with van der Waals surface area (Å²) in [6.45, 7) is 8.50. The Hall–Kier alpha value is -1.63. The normalized spacial score (nSPS) is 13.9. The molecule has 6 nitrogen and oxygen atoms in total. The van der Waals surface area contributed by atoms with Gasteiger partial charge >= 0.3 is 0 Å². The number of nitrogens with one attached hydrogen (secondary N) is 1. The second kappa shape index (κ2) is 12.7. The highest BCUT2D eigenvalue weighted by molar-refractivity contribution is 7.09. The summed E-state index contributed by atoms with van der Waals surface area (Å²) in [7, 11) is 5.55. The fourth-order valence-corrected chi connectivity index (χ4v) is 3.52. The van der Waals surface area contributed by atoms with Gasteiger partial charge in [-0.2, -0.15) is 0 Å². The number of hydrogen-bond donors (Lipinski definition) is 1. The number of nitrogens with zero attached hydrogens (tertiary/aromatic N) is 4. The van der Waals surface area contributed by atoms with E-state index in [0.717, 1.165) is 30.5 Å². The first-order chi connectivity index (χ1) is 12.9. The molecule has 0 aliphatic heterocycles. The van der Waals surface area contributed by atoms with E-state index in [2.05, 4.69) is 41.0 Å². The quantitative estimate of drug-likeness (QED) is 0.461. The number of carbonyl (C=O) groups excluding carboxylic acids is 1. The molecule has 27 heavy (non-hydrogen) atoms. The summed E-state index contributed by atoms with van der Waals surface area (Å²) < 4.78 is 0. The van der Waals surface area contributed by atoms with Crippen molar-refractivity contribution in [2.24, 2.45) is 10.9 Å². The SMILES string of the molecule is CCCCC(CC)CNC(=NCC(=O)N(C)C)N(C)CC(C)c1nccs1. The molecule has 2 unspecified atom stereocenters. The maximum atomic E-state index is 12.0. The van der Waals surface area contributed by atoms with Crippen LogP contribution in [0, 0.1) is 5.92 Å². The van der Waals surface area contributed by atoms with Crippen LogP contribution >= 0.6 is 11.3 Å². The van der Waals surface area contributed by atoms with Gasteiger partial charge in [0.2, 0.25) is 5.91 Å². The van der Waals surface area contributed by atoms with Crippen LogP contribution < -0.4 is 5.32 Å². The lowest BCUT2D eigenvalue weighted by Crippen LogP contribution is -2.43. The molecule has 154 valence electrons. The molecule has 1 rings (SSSR count). The van der Waals surface area contributed by atoms with E-state index in [1.54, 1.807) is 30.3 Å². The molecule has 1 heterocycles. The maximum Gasteiger partial charge on any atom is 0.243 e. The molecule has 1 aromatic rings. The molecule has 0 aliphatic carbocycles. The van der Waals surface area contributed by atoms with Crippen LogP contribution in [0.1, 0.15) is 57.4 Å². The van der Waals surface area contributed by atoms with Crippen LogP contribution in [0.2, 0.25) is 0 Å². The number of hydrogen-bond acceptors (Lipinski definition) is 4. The first-order valence-electron chi connectivity index (χ1n) is 9.97. The number of unbranched alkanes of at least 4 members (excludes halogenated alkanes) is 1. The van der Waals surface area contributed by atoms with Gasteiger partial charge in [0.05, 0.1) is 5.01 Å². The number of thiazole rings is 1. The average molecular weight is 396 g/mol. The van der Waals surface area contributed by atoms with Gasteiger partial charge in [0, 0.05) is 51.7 Å². The number of carbonyl (C=O) groups is 1. The standard InChI is InChI=1S/C20H37N5OS/c1-7-9-10-17(8-2)13-22-20(23-14-18(26)24(4)5)25(6)15-16(3)19-21-11-12-27-19/h11-12,16-17H,7-10,13-15H2,1-6H3,(H,22,23). The molecule has 1 amide bonds. The first kappa shape index (κ1) is 23.4. The van der Waals surface area contributed by atoms with E-state index in [4.69, 9.17) is 0 Å². The fraction of sp³-hybridized carbons (Fsp3) is 0.750. The van der Waals surface area contributed by atoms with Crippen LogP contribution in [0.5, 0.6) is 0 Å². The Morgan fingerprint density at radius 3 is 2.63 bits per heavy atom. The summed E-state index contributed by atoms with van der Waals surface area (Å²) in [5.41, 5.74) is 0. The molecular weight excluding hydrogens is 358 g/mol. The zero-order valence-corrected chi connectivity index (χ0v) is 18.7. The highest BCUT2D eigenvalue weighted by atomic mass is 32.1. The van der Waals surface area contributed by atoms with Gasteiger partial charge in [-0.3, -0.25) is 4.79 Å². The minimum atomic E-state index is 0.00805. The van der Waals surface area contributed by atoms with Crippen molar-refractivity contribution in [2.75, 3.05) is 40.8 Å². The monoisotopic (exact) mass is 395 g/mol. The summed E-state index contributed by atoms with van der Waals surface area (Å²) in [4.78, 5) is 24.7. The van der Waals surface area contributed by atoms with Gasteiger partial charge in [0.1, 0.15) is 6.54 Å². The highest BCUT2D eigenvalue weighted by Gasteiger charge is 2.16. The Morgan fingerprint density at radius 2 is 2.07 bits per heavy atom. The van der Waals surface area contributed by atoms with Crippen LogP contribution in [0.25, 0.3) is 0 Å². The number of amides is 1. The number of rotatable bonds is 11. The van der Waals surface area contributed by atoms with Crippen molar-refractivity contribution in [3.8, 4) is 0 Å². The molecule has 2 atom stereocenters. The van der Waals surface area contributed by atoms with Gasteiger partial charge in [-0.15, -0.1) is 11.3 Å². The molecule has 0 fully saturated rings. The topological polar surface area (TPSA) is 60.8 Å². The summed E-state index contributed by atoms with van der Waals surface area (Å²) in [5, 5.41) is 6.65. The van der Waals surface area contributed by atoms with E-state index >= 15 is 0 Å². The van der Waals surface area contributed by atoms with Crippen LogP contribution in [0.3, 0.4) is 0 Å². The number of likely N-dealkylation sites (N-methyl/N-ethyl adjacent to an activating group) is 2. The van der Waals surface area contributed by atoms with Crippen molar-refractivity contribution < 1.29 is 4.79 Å². The Bertz CT molecular complexity index is 559. The van der Waals surface area contributed by atoms with Crippen molar-refractivity contribution in [1.82, 2.24) is 20.1 Å². The zero-order chi connectivity index (χ0) is 20.2. The predicted octanol–water partition coefficient (Wildman–Crippen LogP) is 3.43. The second-order valence-corrected chi connectivity index (χ2v) is 8.30. The summed E-state index contributed by atoms with van der Waals surface area (Å²) in [5.74, 6) is 1.75. The van der Waals surface area contributed by atoms with Crippen LogP contribution in [-0.2, 0) is 4.79 Å². The van der Waals surface area contributed by atoms with Gasteiger partial charge < -0.3 is 15.1 Å². The maximum absolute atomic E-state index is 12.0. The third-order valence-corrected chi connectivity index (χ3v) is 5.74. The Kier molecular flexibility index (Phi) is 11.0.